The van der Waals surface area contributed by atoms with E-state index in [1.807, 2.05) is 0 Å². The molecule has 0 saturated carbocycles. The van der Waals surface area contributed by atoms with Crippen molar-refractivity contribution in [3.8, 4) is 0 Å². The summed E-state index contributed by atoms with van der Waals surface area (Å²) in [6, 6.07) is 10.9. The van der Waals surface area contributed by atoms with Gasteiger partial charge in [0, 0.05) is 6.42 Å². The first-order chi connectivity index (χ1) is 11.1. The van der Waals surface area contributed by atoms with Gasteiger partial charge < -0.3 is 9.52 Å². The van der Waals surface area contributed by atoms with E-state index in [1.165, 1.54) is 23.2 Å². The lowest BCUT2D eigenvalue weighted by atomic mass is 10.0. The third-order valence-corrected chi connectivity index (χ3v) is 13.0. The molecule has 3 rings (SSSR count). The van der Waals surface area contributed by atoms with Crippen molar-refractivity contribution in [2.24, 2.45) is 0 Å². The number of furan rings is 1. The first-order valence-electron chi connectivity index (χ1n) is 8.57. The van der Waals surface area contributed by atoms with Crippen LogP contribution in [0.2, 0.25) is 38.3 Å². The van der Waals surface area contributed by atoms with Gasteiger partial charge in [0.15, 0.2) is 0 Å². The van der Waals surface area contributed by atoms with Gasteiger partial charge in [0.1, 0.15) is 5.76 Å². The average molecular weight is 359 g/mol. The summed E-state index contributed by atoms with van der Waals surface area (Å²) in [5.41, 5.74) is 2.57. The van der Waals surface area contributed by atoms with Crippen LogP contribution >= 0.6 is 0 Å². The molecule has 3 nitrogen and oxygen atoms in total. The van der Waals surface area contributed by atoms with Gasteiger partial charge >= 0.3 is 5.97 Å². The van der Waals surface area contributed by atoms with E-state index in [0.29, 0.717) is 6.42 Å². The summed E-state index contributed by atoms with van der Waals surface area (Å²) in [5, 5.41) is 12.3. The van der Waals surface area contributed by atoms with Crippen molar-refractivity contribution in [3.63, 3.8) is 0 Å². The third-order valence-electron chi connectivity index (χ3n) is 5.55. The molecule has 1 aliphatic heterocycles. The van der Waals surface area contributed by atoms with Crippen molar-refractivity contribution >= 4 is 32.5 Å². The Kier molecular flexibility index (Phi) is 4.12. The first kappa shape index (κ1) is 17.2. The maximum atomic E-state index is 11.0. The summed E-state index contributed by atoms with van der Waals surface area (Å²) >= 11 is 0. The highest BCUT2D eigenvalue weighted by Crippen LogP contribution is 2.27. The molecule has 0 amide bonds. The van der Waals surface area contributed by atoms with E-state index in [4.69, 9.17) is 9.52 Å². The van der Waals surface area contributed by atoms with Gasteiger partial charge in [0.25, 0.3) is 0 Å². The fraction of sp³-hybridized carbons (Fsp3) is 0.421. The van der Waals surface area contributed by atoms with E-state index in [1.54, 1.807) is 22.5 Å². The minimum absolute atomic E-state index is 0.0175. The molecule has 1 aliphatic rings. The van der Waals surface area contributed by atoms with Crippen LogP contribution in [0.5, 0.6) is 0 Å². The van der Waals surface area contributed by atoms with E-state index in [9.17, 15) is 4.79 Å². The molecule has 0 unspecified atom stereocenters. The zero-order valence-electron chi connectivity index (χ0n) is 15.2. The molecule has 128 valence electrons. The lowest BCUT2D eigenvalue weighted by Gasteiger charge is -2.40. The Morgan fingerprint density at radius 2 is 1.67 bits per heavy atom. The molecule has 1 aromatic carbocycles. The standard InChI is InChI=1S/C19H26O3Si2/c1-13-10-17-18(24(4,5)9-8-23(17,2)3)12-14(13)11-15-6-7-16(22-15)19(20)21/h6-7,10,12H,8-9,11H2,1-5H3,(H,20,21). The molecule has 0 spiro atoms. The lowest BCUT2D eigenvalue weighted by molar-refractivity contribution is 0.0660. The number of rotatable bonds is 3. The number of hydrogen-bond donors (Lipinski definition) is 1. The minimum atomic E-state index is -1.37. The second-order valence-corrected chi connectivity index (χ2v) is 18.0. The molecule has 0 saturated heterocycles. The Morgan fingerprint density at radius 3 is 2.21 bits per heavy atom. The normalized spacial score (nSPS) is 18.2. The highest BCUT2D eigenvalue weighted by atomic mass is 28.3. The van der Waals surface area contributed by atoms with Crippen LogP contribution in [0.1, 0.15) is 27.4 Å². The topological polar surface area (TPSA) is 50.4 Å². The van der Waals surface area contributed by atoms with Crippen molar-refractivity contribution in [2.45, 2.75) is 51.6 Å². The van der Waals surface area contributed by atoms with Gasteiger partial charge in [-0.2, -0.15) is 0 Å². The van der Waals surface area contributed by atoms with Crippen molar-refractivity contribution < 1.29 is 14.3 Å². The van der Waals surface area contributed by atoms with Gasteiger partial charge in [0.2, 0.25) is 5.76 Å². The van der Waals surface area contributed by atoms with Crippen molar-refractivity contribution in [1.82, 2.24) is 0 Å². The van der Waals surface area contributed by atoms with Crippen LogP contribution in [0, 0.1) is 6.92 Å². The van der Waals surface area contributed by atoms with Gasteiger partial charge in [0.05, 0.1) is 16.1 Å². The predicted molar refractivity (Wildman–Crippen MR) is 103 cm³/mol. The molecule has 1 N–H and O–H groups in total. The Labute approximate surface area is 145 Å². The highest BCUT2D eigenvalue weighted by molar-refractivity contribution is 7.03. The second kappa shape index (κ2) is 5.74. The van der Waals surface area contributed by atoms with Crippen LogP contribution in [0.3, 0.4) is 0 Å². The molecule has 0 bridgehead atoms. The van der Waals surface area contributed by atoms with Crippen LogP contribution < -0.4 is 10.4 Å². The van der Waals surface area contributed by atoms with Gasteiger partial charge in [-0.1, -0.05) is 60.8 Å². The van der Waals surface area contributed by atoms with Gasteiger partial charge in [-0.3, -0.25) is 0 Å². The summed E-state index contributed by atoms with van der Waals surface area (Å²) in [6.07, 6.45) is 0.666. The molecule has 0 radical (unpaired) electrons. The summed E-state index contributed by atoms with van der Waals surface area (Å²) in [6.45, 7) is 12.1. The molecule has 0 aliphatic carbocycles. The van der Waals surface area contributed by atoms with Crippen LogP contribution in [-0.4, -0.2) is 27.2 Å². The molecular weight excluding hydrogens is 332 g/mol. The molecule has 1 aromatic heterocycles. The van der Waals surface area contributed by atoms with Gasteiger partial charge in [-0.25, -0.2) is 4.79 Å². The molecule has 2 heterocycles. The fourth-order valence-electron chi connectivity index (χ4n) is 3.73. The number of carboxylic acids is 1. The third kappa shape index (κ3) is 3.02. The largest absolute Gasteiger partial charge is 0.475 e. The molecule has 0 fully saturated rings. The van der Waals surface area contributed by atoms with E-state index in [0.717, 1.165) is 5.76 Å². The average Bonchev–Trinajstić information content (AvgIpc) is 2.94. The highest BCUT2D eigenvalue weighted by Gasteiger charge is 2.39. The Morgan fingerprint density at radius 1 is 1.08 bits per heavy atom. The summed E-state index contributed by atoms with van der Waals surface area (Å²) < 4.78 is 5.46. The van der Waals surface area contributed by atoms with Crippen molar-refractivity contribution in [2.75, 3.05) is 0 Å². The van der Waals surface area contributed by atoms with E-state index < -0.39 is 22.1 Å². The first-order valence-corrected chi connectivity index (χ1v) is 15.0. The quantitative estimate of drug-likeness (QED) is 0.851. The minimum Gasteiger partial charge on any atom is -0.475 e. The van der Waals surface area contributed by atoms with Crippen molar-refractivity contribution in [1.29, 1.82) is 0 Å². The number of aromatic carboxylic acids is 1. The predicted octanol–water partition coefficient (Wildman–Crippen LogP) is 3.72. The summed E-state index contributed by atoms with van der Waals surface area (Å²) in [7, 11) is -2.70. The number of benzene rings is 1. The van der Waals surface area contributed by atoms with Gasteiger partial charge in [-0.15, -0.1) is 0 Å². The summed E-state index contributed by atoms with van der Waals surface area (Å²) in [4.78, 5) is 11.0. The molecule has 0 atom stereocenters. The Balaban J connectivity index is 2.02. The van der Waals surface area contributed by atoms with E-state index in [2.05, 4.69) is 45.2 Å². The van der Waals surface area contributed by atoms with Crippen LogP contribution in [0.15, 0.2) is 28.7 Å². The lowest BCUT2D eigenvalue weighted by Crippen LogP contribution is -2.63. The SMILES string of the molecule is Cc1cc2c(cc1Cc1ccc(C(=O)O)o1)[Si](C)(C)CC[Si]2(C)C. The molecule has 24 heavy (non-hydrogen) atoms. The van der Waals surface area contributed by atoms with Crippen LogP contribution in [0.25, 0.3) is 0 Å². The number of hydrogen-bond acceptors (Lipinski definition) is 2. The zero-order valence-corrected chi connectivity index (χ0v) is 17.2. The van der Waals surface area contributed by atoms with Gasteiger partial charge in [-0.05, 0) is 30.2 Å². The van der Waals surface area contributed by atoms with Crippen LogP contribution in [0.4, 0.5) is 0 Å². The number of carboxylic acid groups (broad SMARTS) is 1. The maximum Gasteiger partial charge on any atom is 0.371 e. The monoisotopic (exact) mass is 358 g/mol. The van der Waals surface area contributed by atoms with Crippen molar-refractivity contribution in [3.05, 3.63) is 46.9 Å². The zero-order chi connectivity index (χ0) is 17.7. The number of fused-ring (bicyclic) bond motifs is 1. The maximum absolute atomic E-state index is 11.0. The molecular formula is C19H26O3Si2. The fourth-order valence-corrected chi connectivity index (χ4v) is 14.1. The van der Waals surface area contributed by atoms with E-state index >= 15 is 0 Å². The smallest absolute Gasteiger partial charge is 0.371 e. The van der Waals surface area contributed by atoms with Crippen LogP contribution in [-0.2, 0) is 6.42 Å². The number of aryl methyl sites for hydroxylation is 1. The Bertz CT molecular complexity index is 803. The Hall–Kier alpha value is -1.60. The molecule has 5 heteroatoms. The molecule has 2 aromatic rings. The van der Waals surface area contributed by atoms with E-state index in [-0.39, 0.29) is 5.76 Å². The summed E-state index contributed by atoms with van der Waals surface area (Å²) in [5.74, 6) is -0.268. The second-order valence-electron chi connectivity index (χ2n) is 8.34. The number of carbonyl (C=O) groups is 1.